The van der Waals surface area contributed by atoms with Crippen molar-refractivity contribution in [2.24, 2.45) is 0 Å². The highest BCUT2D eigenvalue weighted by atomic mass is 19.1. The molecule has 0 N–H and O–H groups in total. The Morgan fingerprint density at radius 1 is 1.22 bits per heavy atom. The molecule has 4 aromatic rings. The van der Waals surface area contributed by atoms with E-state index in [1.807, 2.05) is 35.9 Å². The third-order valence-corrected chi connectivity index (χ3v) is 3.67. The molecule has 23 heavy (non-hydrogen) atoms. The van der Waals surface area contributed by atoms with Crippen LogP contribution in [0.15, 0.2) is 48.0 Å². The van der Waals surface area contributed by atoms with Crippen molar-refractivity contribution in [1.82, 2.24) is 23.9 Å². The molecule has 114 valence electrons. The van der Waals surface area contributed by atoms with Crippen molar-refractivity contribution >= 4 is 16.6 Å². The van der Waals surface area contributed by atoms with Crippen molar-refractivity contribution in [2.45, 2.75) is 13.5 Å². The van der Waals surface area contributed by atoms with Crippen molar-refractivity contribution in [3.05, 3.63) is 70.7 Å². The molecule has 0 bridgehead atoms. The SMILES string of the molecule is Cc1ccc2nc(Cn3cnc4c(F)cncc4c3=O)cn2c1. The summed E-state index contributed by atoms with van der Waals surface area (Å²) in [6, 6.07) is 3.89. The first-order valence-corrected chi connectivity index (χ1v) is 7.05. The summed E-state index contributed by atoms with van der Waals surface area (Å²) in [5, 5.41) is 0.159. The van der Waals surface area contributed by atoms with E-state index in [9.17, 15) is 9.18 Å². The smallest absolute Gasteiger partial charge is 0.263 e. The lowest BCUT2D eigenvalue weighted by molar-refractivity contribution is 0.628. The summed E-state index contributed by atoms with van der Waals surface area (Å²) in [6.45, 7) is 2.26. The fourth-order valence-corrected chi connectivity index (χ4v) is 2.57. The van der Waals surface area contributed by atoms with E-state index < -0.39 is 5.82 Å². The number of halogens is 1. The summed E-state index contributed by atoms with van der Waals surface area (Å²) in [6.07, 6.45) is 7.54. The highest BCUT2D eigenvalue weighted by molar-refractivity contribution is 5.76. The second-order valence-electron chi connectivity index (χ2n) is 5.40. The summed E-state index contributed by atoms with van der Waals surface area (Å²) >= 11 is 0. The van der Waals surface area contributed by atoms with Gasteiger partial charge in [-0.3, -0.25) is 14.3 Å². The average Bonchev–Trinajstić information content (AvgIpc) is 2.92. The highest BCUT2D eigenvalue weighted by Gasteiger charge is 2.10. The Kier molecular flexibility index (Phi) is 2.94. The number of hydrogen-bond acceptors (Lipinski definition) is 4. The molecule has 0 spiro atoms. The van der Waals surface area contributed by atoms with E-state index in [2.05, 4.69) is 15.0 Å². The third-order valence-electron chi connectivity index (χ3n) is 3.67. The minimum absolute atomic E-state index is 0.0341. The van der Waals surface area contributed by atoms with Crippen molar-refractivity contribution in [3.8, 4) is 0 Å². The van der Waals surface area contributed by atoms with E-state index in [1.165, 1.54) is 17.1 Å². The van der Waals surface area contributed by atoms with E-state index in [0.29, 0.717) is 0 Å². The molecule has 0 aliphatic rings. The van der Waals surface area contributed by atoms with Gasteiger partial charge in [-0.1, -0.05) is 6.07 Å². The molecule has 4 aromatic heterocycles. The van der Waals surface area contributed by atoms with E-state index >= 15 is 0 Å². The van der Waals surface area contributed by atoms with Crippen LogP contribution in [-0.4, -0.2) is 23.9 Å². The zero-order valence-corrected chi connectivity index (χ0v) is 12.3. The van der Waals surface area contributed by atoms with Crippen LogP contribution >= 0.6 is 0 Å². The normalized spacial score (nSPS) is 11.4. The standard InChI is InChI=1S/C16H12FN5O/c1-10-2-3-14-20-11(7-21(14)6-10)8-22-9-19-15-12(16(22)23)4-18-5-13(15)17/h2-7,9H,8H2,1H3. The Hall–Kier alpha value is -3.09. The molecule has 6 nitrogen and oxygen atoms in total. The molecule has 4 heterocycles. The van der Waals surface area contributed by atoms with Crippen LogP contribution < -0.4 is 5.56 Å². The molecule has 0 saturated carbocycles. The quantitative estimate of drug-likeness (QED) is 0.567. The van der Waals surface area contributed by atoms with Gasteiger partial charge in [0.1, 0.15) is 11.2 Å². The molecule has 7 heteroatoms. The minimum atomic E-state index is -0.602. The van der Waals surface area contributed by atoms with Gasteiger partial charge < -0.3 is 4.40 Å². The van der Waals surface area contributed by atoms with Gasteiger partial charge >= 0.3 is 0 Å². The zero-order valence-electron chi connectivity index (χ0n) is 12.3. The van der Waals surface area contributed by atoms with Gasteiger partial charge in [0.25, 0.3) is 5.56 Å². The summed E-state index contributed by atoms with van der Waals surface area (Å²) in [5.74, 6) is -0.602. The van der Waals surface area contributed by atoms with E-state index in [-0.39, 0.29) is 23.0 Å². The van der Waals surface area contributed by atoms with E-state index in [0.717, 1.165) is 23.1 Å². The predicted octanol–water partition coefficient (Wildman–Crippen LogP) is 1.94. The summed E-state index contributed by atoms with van der Waals surface area (Å²) in [5.41, 5.74) is 2.35. The van der Waals surface area contributed by atoms with Crippen LogP contribution in [0.25, 0.3) is 16.6 Å². The first-order valence-electron chi connectivity index (χ1n) is 7.05. The maximum Gasteiger partial charge on any atom is 0.263 e. The Morgan fingerprint density at radius 3 is 2.96 bits per heavy atom. The number of aryl methyl sites for hydroxylation is 1. The molecule has 0 aliphatic heterocycles. The predicted molar refractivity (Wildman–Crippen MR) is 82.8 cm³/mol. The topological polar surface area (TPSA) is 65.1 Å². The van der Waals surface area contributed by atoms with Crippen LogP contribution in [0.2, 0.25) is 0 Å². The van der Waals surface area contributed by atoms with Gasteiger partial charge in [-0.05, 0) is 18.6 Å². The van der Waals surface area contributed by atoms with Gasteiger partial charge in [0.2, 0.25) is 0 Å². The summed E-state index contributed by atoms with van der Waals surface area (Å²) < 4.78 is 16.9. The monoisotopic (exact) mass is 309 g/mol. The van der Waals surface area contributed by atoms with Crippen molar-refractivity contribution in [3.63, 3.8) is 0 Å². The van der Waals surface area contributed by atoms with Crippen molar-refractivity contribution in [2.75, 3.05) is 0 Å². The first-order chi connectivity index (χ1) is 11.1. The van der Waals surface area contributed by atoms with Gasteiger partial charge in [-0.15, -0.1) is 0 Å². The zero-order chi connectivity index (χ0) is 16.0. The second kappa shape index (κ2) is 4.98. The number of pyridine rings is 2. The highest BCUT2D eigenvalue weighted by Crippen LogP contribution is 2.11. The fraction of sp³-hybridized carbons (Fsp3) is 0.125. The molecule has 0 aliphatic carbocycles. The van der Waals surface area contributed by atoms with Crippen LogP contribution in [0.3, 0.4) is 0 Å². The second-order valence-corrected chi connectivity index (χ2v) is 5.40. The number of fused-ring (bicyclic) bond motifs is 2. The Morgan fingerprint density at radius 2 is 2.09 bits per heavy atom. The van der Waals surface area contributed by atoms with Gasteiger partial charge in [0.15, 0.2) is 5.82 Å². The lowest BCUT2D eigenvalue weighted by Crippen LogP contribution is -2.21. The van der Waals surface area contributed by atoms with Crippen LogP contribution in [0.4, 0.5) is 4.39 Å². The average molecular weight is 309 g/mol. The number of imidazole rings is 1. The van der Waals surface area contributed by atoms with E-state index in [4.69, 9.17) is 0 Å². The largest absolute Gasteiger partial charge is 0.306 e. The Balaban J connectivity index is 1.79. The Bertz CT molecular complexity index is 1100. The first kappa shape index (κ1) is 13.6. The van der Waals surface area contributed by atoms with Gasteiger partial charge in [0, 0.05) is 18.6 Å². The lowest BCUT2D eigenvalue weighted by Gasteiger charge is -2.04. The lowest BCUT2D eigenvalue weighted by atomic mass is 10.3. The molecular weight excluding hydrogens is 297 g/mol. The molecule has 0 unspecified atom stereocenters. The molecule has 0 atom stereocenters. The maximum atomic E-state index is 13.6. The summed E-state index contributed by atoms with van der Waals surface area (Å²) in [7, 11) is 0. The van der Waals surface area contributed by atoms with Crippen LogP contribution in [-0.2, 0) is 6.54 Å². The van der Waals surface area contributed by atoms with Gasteiger partial charge in [0.05, 0.1) is 30.1 Å². The summed E-state index contributed by atoms with van der Waals surface area (Å²) in [4.78, 5) is 24.6. The number of hydrogen-bond donors (Lipinski definition) is 0. The Labute approximate surface area is 129 Å². The van der Waals surface area contributed by atoms with Crippen LogP contribution in [0, 0.1) is 12.7 Å². The van der Waals surface area contributed by atoms with Crippen molar-refractivity contribution < 1.29 is 4.39 Å². The molecule has 0 saturated heterocycles. The number of rotatable bonds is 2. The van der Waals surface area contributed by atoms with Crippen LogP contribution in [0.5, 0.6) is 0 Å². The molecule has 0 radical (unpaired) electrons. The van der Waals surface area contributed by atoms with Crippen molar-refractivity contribution in [1.29, 1.82) is 0 Å². The fourth-order valence-electron chi connectivity index (χ4n) is 2.57. The molecule has 0 fully saturated rings. The van der Waals surface area contributed by atoms with Gasteiger partial charge in [-0.25, -0.2) is 14.4 Å². The van der Waals surface area contributed by atoms with Crippen LogP contribution in [0.1, 0.15) is 11.3 Å². The molecule has 0 aromatic carbocycles. The number of aromatic nitrogens is 5. The maximum absolute atomic E-state index is 13.6. The molecule has 0 amide bonds. The third kappa shape index (κ3) is 2.26. The number of nitrogens with zero attached hydrogens (tertiary/aromatic N) is 5. The van der Waals surface area contributed by atoms with E-state index in [1.54, 1.807) is 0 Å². The molecular formula is C16H12FN5O. The van der Waals surface area contributed by atoms with Gasteiger partial charge in [-0.2, -0.15) is 0 Å². The molecule has 4 rings (SSSR count). The minimum Gasteiger partial charge on any atom is -0.306 e.